The maximum Gasteiger partial charge on any atom is 0.339 e. The Bertz CT molecular complexity index is 385. The van der Waals surface area contributed by atoms with Gasteiger partial charge in [0.1, 0.15) is 0 Å². The van der Waals surface area contributed by atoms with Gasteiger partial charge in [-0.2, -0.15) is 0 Å². The molecular formula is C10H9ClO3. The van der Waals surface area contributed by atoms with Gasteiger partial charge >= 0.3 is 5.97 Å². The first-order chi connectivity index (χ1) is 6.60. The number of aldehydes is 1. The van der Waals surface area contributed by atoms with Crippen molar-refractivity contribution in [2.24, 2.45) is 0 Å². The summed E-state index contributed by atoms with van der Waals surface area (Å²) in [5.74, 6) is -0.540. The molecule has 0 radical (unpaired) electrons. The van der Waals surface area contributed by atoms with Crippen molar-refractivity contribution in [3.8, 4) is 0 Å². The topological polar surface area (TPSA) is 43.4 Å². The zero-order chi connectivity index (χ0) is 10.7. The largest absolute Gasteiger partial charge is 0.465 e. The summed E-state index contributed by atoms with van der Waals surface area (Å²) in [7, 11) is 1.27. The Kier molecular flexibility index (Phi) is 3.25. The molecule has 1 aromatic rings. The Morgan fingerprint density at radius 1 is 1.50 bits per heavy atom. The molecule has 0 amide bonds. The maximum absolute atomic E-state index is 11.2. The van der Waals surface area contributed by atoms with Gasteiger partial charge in [0.2, 0.25) is 0 Å². The Hall–Kier alpha value is -1.35. The first kappa shape index (κ1) is 10.7. The number of esters is 1. The minimum Gasteiger partial charge on any atom is -0.465 e. The number of carbonyl (C=O) groups excluding carboxylic acids is 2. The van der Waals surface area contributed by atoms with E-state index in [9.17, 15) is 9.59 Å². The predicted octanol–water partition coefficient (Wildman–Crippen LogP) is 2.25. The highest BCUT2D eigenvalue weighted by Gasteiger charge is 2.14. The minimum atomic E-state index is -0.540. The fourth-order valence-electron chi connectivity index (χ4n) is 1.14. The average Bonchev–Trinajstić information content (AvgIpc) is 2.19. The van der Waals surface area contributed by atoms with Gasteiger partial charge in [0.25, 0.3) is 0 Å². The summed E-state index contributed by atoms with van der Waals surface area (Å²) in [6, 6.07) is 3.20. The van der Waals surface area contributed by atoms with Crippen LogP contribution in [0.5, 0.6) is 0 Å². The highest BCUT2D eigenvalue weighted by molar-refractivity contribution is 6.35. The lowest BCUT2D eigenvalue weighted by atomic mass is 10.1. The number of rotatable bonds is 2. The van der Waals surface area contributed by atoms with E-state index in [2.05, 4.69) is 4.74 Å². The number of halogens is 1. The molecule has 0 saturated heterocycles. The van der Waals surface area contributed by atoms with Crippen LogP contribution >= 0.6 is 11.6 Å². The van der Waals surface area contributed by atoms with E-state index < -0.39 is 5.97 Å². The summed E-state index contributed by atoms with van der Waals surface area (Å²) in [5.41, 5.74) is 1.31. The van der Waals surface area contributed by atoms with E-state index in [1.165, 1.54) is 7.11 Å². The molecule has 0 aliphatic carbocycles. The average molecular weight is 213 g/mol. The van der Waals surface area contributed by atoms with Gasteiger partial charge in [-0.25, -0.2) is 4.79 Å². The van der Waals surface area contributed by atoms with E-state index in [4.69, 9.17) is 11.6 Å². The molecule has 0 spiro atoms. The summed E-state index contributed by atoms with van der Waals surface area (Å²) < 4.78 is 4.53. The van der Waals surface area contributed by atoms with Crippen molar-refractivity contribution in [1.29, 1.82) is 0 Å². The SMILES string of the molecule is COC(=O)c1cc(C)cc(C=O)c1Cl. The van der Waals surface area contributed by atoms with E-state index in [-0.39, 0.29) is 10.6 Å². The molecule has 74 valence electrons. The van der Waals surface area contributed by atoms with Crippen LogP contribution in [-0.2, 0) is 4.74 Å². The molecule has 0 unspecified atom stereocenters. The number of hydrogen-bond acceptors (Lipinski definition) is 3. The summed E-state index contributed by atoms with van der Waals surface area (Å²) >= 11 is 5.82. The highest BCUT2D eigenvalue weighted by atomic mass is 35.5. The van der Waals surface area contributed by atoms with E-state index in [0.29, 0.717) is 11.8 Å². The third-order valence-corrected chi connectivity index (χ3v) is 2.20. The first-order valence-corrected chi connectivity index (χ1v) is 4.31. The normalized spacial score (nSPS) is 9.64. The van der Waals surface area contributed by atoms with Crippen LogP contribution in [0.25, 0.3) is 0 Å². The van der Waals surface area contributed by atoms with Crippen LogP contribution in [-0.4, -0.2) is 19.4 Å². The Balaban J connectivity index is 3.36. The lowest BCUT2D eigenvalue weighted by Gasteiger charge is -2.05. The van der Waals surface area contributed by atoms with Gasteiger partial charge in [0.05, 0.1) is 17.7 Å². The second kappa shape index (κ2) is 4.24. The monoisotopic (exact) mass is 212 g/mol. The number of ether oxygens (including phenoxy) is 1. The second-order valence-electron chi connectivity index (χ2n) is 2.83. The zero-order valence-corrected chi connectivity index (χ0v) is 8.59. The second-order valence-corrected chi connectivity index (χ2v) is 3.20. The summed E-state index contributed by atoms with van der Waals surface area (Å²) in [6.45, 7) is 1.77. The van der Waals surface area contributed by atoms with Gasteiger partial charge in [0.15, 0.2) is 6.29 Å². The van der Waals surface area contributed by atoms with E-state index in [0.717, 1.165) is 5.56 Å². The molecule has 0 heterocycles. The summed E-state index contributed by atoms with van der Waals surface area (Å²) in [6.07, 6.45) is 0.613. The Labute approximate surface area is 86.6 Å². The molecule has 0 fully saturated rings. The number of methoxy groups -OCH3 is 1. The van der Waals surface area contributed by atoms with Crippen LogP contribution in [0.1, 0.15) is 26.3 Å². The van der Waals surface area contributed by atoms with Crippen molar-refractivity contribution < 1.29 is 14.3 Å². The molecule has 0 aliphatic heterocycles. The Morgan fingerprint density at radius 2 is 2.14 bits per heavy atom. The number of benzene rings is 1. The number of hydrogen-bond donors (Lipinski definition) is 0. The maximum atomic E-state index is 11.2. The standard InChI is InChI=1S/C10H9ClO3/c1-6-3-7(5-12)9(11)8(4-6)10(13)14-2/h3-5H,1-2H3. The van der Waals surface area contributed by atoms with E-state index >= 15 is 0 Å². The quantitative estimate of drug-likeness (QED) is 0.558. The van der Waals surface area contributed by atoms with Crippen LogP contribution in [0, 0.1) is 6.92 Å². The molecule has 1 aromatic carbocycles. The van der Waals surface area contributed by atoms with Crippen LogP contribution < -0.4 is 0 Å². The van der Waals surface area contributed by atoms with Gasteiger partial charge in [-0.1, -0.05) is 11.6 Å². The molecule has 0 aromatic heterocycles. The third-order valence-electron chi connectivity index (χ3n) is 1.78. The molecule has 3 nitrogen and oxygen atoms in total. The van der Waals surface area contributed by atoms with Crippen molar-refractivity contribution in [3.63, 3.8) is 0 Å². The van der Waals surface area contributed by atoms with Gasteiger partial charge in [-0.05, 0) is 24.6 Å². The molecule has 1 rings (SSSR count). The van der Waals surface area contributed by atoms with Crippen molar-refractivity contribution in [3.05, 3.63) is 33.8 Å². The number of aryl methyl sites for hydroxylation is 1. The smallest absolute Gasteiger partial charge is 0.339 e. The van der Waals surface area contributed by atoms with Gasteiger partial charge in [-0.15, -0.1) is 0 Å². The van der Waals surface area contributed by atoms with Crippen LogP contribution in [0.4, 0.5) is 0 Å². The first-order valence-electron chi connectivity index (χ1n) is 3.93. The summed E-state index contributed by atoms with van der Waals surface area (Å²) in [5, 5.41) is 0.137. The molecule has 4 heteroatoms. The van der Waals surface area contributed by atoms with Crippen molar-refractivity contribution >= 4 is 23.9 Å². The van der Waals surface area contributed by atoms with E-state index in [1.54, 1.807) is 19.1 Å². The van der Waals surface area contributed by atoms with Crippen molar-refractivity contribution in [2.75, 3.05) is 7.11 Å². The zero-order valence-electron chi connectivity index (χ0n) is 7.83. The van der Waals surface area contributed by atoms with Crippen LogP contribution in [0.2, 0.25) is 5.02 Å². The lowest BCUT2D eigenvalue weighted by Crippen LogP contribution is -2.04. The van der Waals surface area contributed by atoms with E-state index in [1.807, 2.05) is 0 Å². The predicted molar refractivity (Wildman–Crippen MR) is 52.9 cm³/mol. The van der Waals surface area contributed by atoms with Crippen molar-refractivity contribution in [2.45, 2.75) is 6.92 Å². The lowest BCUT2D eigenvalue weighted by molar-refractivity contribution is 0.0601. The number of carbonyl (C=O) groups is 2. The molecule has 0 atom stereocenters. The van der Waals surface area contributed by atoms with Gasteiger partial charge in [-0.3, -0.25) is 4.79 Å². The molecular weight excluding hydrogens is 204 g/mol. The highest BCUT2D eigenvalue weighted by Crippen LogP contribution is 2.22. The Morgan fingerprint density at radius 3 is 2.64 bits per heavy atom. The van der Waals surface area contributed by atoms with Crippen molar-refractivity contribution in [1.82, 2.24) is 0 Å². The third kappa shape index (κ3) is 1.93. The molecule has 0 aliphatic rings. The van der Waals surface area contributed by atoms with Gasteiger partial charge in [0, 0.05) is 5.56 Å². The molecule has 0 N–H and O–H groups in total. The molecule has 0 saturated carbocycles. The van der Waals surface area contributed by atoms with Gasteiger partial charge < -0.3 is 4.74 Å². The minimum absolute atomic E-state index is 0.137. The van der Waals surface area contributed by atoms with Crippen LogP contribution in [0.3, 0.4) is 0 Å². The molecule has 0 bridgehead atoms. The summed E-state index contributed by atoms with van der Waals surface area (Å²) in [4.78, 5) is 21.8. The fraction of sp³-hybridized carbons (Fsp3) is 0.200. The van der Waals surface area contributed by atoms with Crippen LogP contribution in [0.15, 0.2) is 12.1 Å². The molecule has 14 heavy (non-hydrogen) atoms. The fourth-order valence-corrected chi connectivity index (χ4v) is 1.37.